The summed E-state index contributed by atoms with van der Waals surface area (Å²) >= 11 is 0. The van der Waals surface area contributed by atoms with Crippen molar-refractivity contribution in [2.24, 2.45) is 5.41 Å². The van der Waals surface area contributed by atoms with Crippen molar-refractivity contribution in [2.75, 3.05) is 27.2 Å². The van der Waals surface area contributed by atoms with E-state index in [9.17, 15) is 14.7 Å². The molecule has 0 aromatic rings. The summed E-state index contributed by atoms with van der Waals surface area (Å²) in [5, 5.41) is 10.9. The van der Waals surface area contributed by atoms with Gasteiger partial charge in [-0.25, -0.2) is 9.80 Å². The van der Waals surface area contributed by atoms with Crippen LogP contribution in [0.4, 0.5) is 4.79 Å². The highest BCUT2D eigenvalue weighted by molar-refractivity contribution is 5.78. The minimum Gasteiger partial charge on any atom is -0.481 e. The second-order valence-corrected chi connectivity index (χ2v) is 4.78. The molecule has 0 radical (unpaired) electrons. The van der Waals surface area contributed by atoms with Gasteiger partial charge in [0.15, 0.2) is 0 Å². The molecular formula is C11H21N3O3. The number of likely N-dealkylation sites (tertiary alicyclic amines) is 1. The average Bonchev–Trinajstić information content (AvgIpc) is 2.28. The molecule has 1 rings (SSSR count). The van der Waals surface area contributed by atoms with Crippen molar-refractivity contribution in [3.63, 3.8) is 0 Å². The number of hydrogen-bond donors (Lipinski definition) is 2. The minimum atomic E-state index is -0.803. The van der Waals surface area contributed by atoms with Gasteiger partial charge in [-0.1, -0.05) is 6.92 Å². The molecule has 2 N–H and O–H groups in total. The Morgan fingerprint density at radius 2 is 2.12 bits per heavy atom. The predicted molar refractivity (Wildman–Crippen MR) is 63.4 cm³/mol. The number of nitrogens with zero attached hydrogens (tertiary/aromatic N) is 2. The molecule has 0 spiro atoms. The van der Waals surface area contributed by atoms with Gasteiger partial charge in [-0.2, -0.15) is 0 Å². The Balaban J connectivity index is 2.71. The van der Waals surface area contributed by atoms with E-state index >= 15 is 0 Å². The highest BCUT2D eigenvalue weighted by atomic mass is 16.4. The lowest BCUT2D eigenvalue weighted by Crippen LogP contribution is -2.54. The van der Waals surface area contributed by atoms with Crippen LogP contribution in [0.1, 0.15) is 26.2 Å². The lowest BCUT2D eigenvalue weighted by molar-refractivity contribution is -0.152. The summed E-state index contributed by atoms with van der Waals surface area (Å²) in [7, 11) is 3.46. The van der Waals surface area contributed by atoms with Crippen LogP contribution in [-0.2, 0) is 4.79 Å². The van der Waals surface area contributed by atoms with Crippen LogP contribution < -0.4 is 5.43 Å². The summed E-state index contributed by atoms with van der Waals surface area (Å²) in [5.41, 5.74) is 1.86. The molecule has 1 atom stereocenters. The predicted octanol–water partition coefficient (Wildman–Crippen LogP) is 0.749. The average molecular weight is 243 g/mol. The third-order valence-corrected chi connectivity index (χ3v) is 3.31. The SMILES string of the molecule is CCC1(C(=O)O)CCCN(C(=O)NN(C)C)C1. The quantitative estimate of drug-likeness (QED) is 0.717. The first-order valence-electron chi connectivity index (χ1n) is 5.87. The van der Waals surface area contributed by atoms with Crippen LogP contribution in [0, 0.1) is 5.41 Å². The molecule has 6 nitrogen and oxygen atoms in total. The molecule has 1 fully saturated rings. The molecule has 1 aliphatic rings. The number of aliphatic carboxylic acids is 1. The van der Waals surface area contributed by atoms with Gasteiger partial charge in [0, 0.05) is 27.2 Å². The first-order chi connectivity index (χ1) is 7.91. The second-order valence-electron chi connectivity index (χ2n) is 4.78. The van der Waals surface area contributed by atoms with E-state index in [2.05, 4.69) is 5.43 Å². The van der Waals surface area contributed by atoms with E-state index in [4.69, 9.17) is 0 Å². The molecule has 98 valence electrons. The Kier molecular flexibility index (Phi) is 4.34. The van der Waals surface area contributed by atoms with E-state index in [1.165, 1.54) is 0 Å². The summed E-state index contributed by atoms with van der Waals surface area (Å²) in [5.74, 6) is -0.803. The van der Waals surface area contributed by atoms with Crippen LogP contribution in [0.25, 0.3) is 0 Å². The Morgan fingerprint density at radius 1 is 1.47 bits per heavy atom. The summed E-state index contributed by atoms with van der Waals surface area (Å²) < 4.78 is 0. The number of carbonyl (C=O) groups is 2. The third-order valence-electron chi connectivity index (χ3n) is 3.31. The largest absolute Gasteiger partial charge is 0.481 e. The fourth-order valence-electron chi connectivity index (χ4n) is 2.18. The van der Waals surface area contributed by atoms with Crippen LogP contribution in [0.2, 0.25) is 0 Å². The van der Waals surface area contributed by atoms with Crippen molar-refractivity contribution in [3.05, 3.63) is 0 Å². The molecule has 0 aromatic carbocycles. The molecule has 0 saturated carbocycles. The Morgan fingerprint density at radius 3 is 2.59 bits per heavy atom. The molecular weight excluding hydrogens is 222 g/mol. The maximum absolute atomic E-state index is 11.8. The zero-order valence-electron chi connectivity index (χ0n) is 10.7. The maximum Gasteiger partial charge on any atom is 0.331 e. The number of piperidine rings is 1. The van der Waals surface area contributed by atoms with Crippen LogP contribution >= 0.6 is 0 Å². The zero-order valence-corrected chi connectivity index (χ0v) is 10.7. The maximum atomic E-state index is 11.8. The van der Waals surface area contributed by atoms with Crippen molar-refractivity contribution in [1.29, 1.82) is 0 Å². The van der Waals surface area contributed by atoms with E-state index in [1.807, 2.05) is 6.92 Å². The fourth-order valence-corrected chi connectivity index (χ4v) is 2.18. The molecule has 1 saturated heterocycles. The molecule has 17 heavy (non-hydrogen) atoms. The highest BCUT2D eigenvalue weighted by Crippen LogP contribution is 2.33. The number of urea groups is 1. The number of carboxylic acid groups (broad SMARTS) is 1. The van der Waals surface area contributed by atoms with Crippen LogP contribution in [-0.4, -0.2) is 54.2 Å². The van der Waals surface area contributed by atoms with Crippen molar-refractivity contribution in [2.45, 2.75) is 26.2 Å². The molecule has 0 aliphatic carbocycles. The van der Waals surface area contributed by atoms with Gasteiger partial charge in [0.05, 0.1) is 5.41 Å². The lowest BCUT2D eigenvalue weighted by atomic mass is 9.78. The summed E-state index contributed by atoms with van der Waals surface area (Å²) in [6, 6.07) is -0.228. The highest BCUT2D eigenvalue weighted by Gasteiger charge is 2.42. The summed E-state index contributed by atoms with van der Waals surface area (Å²) in [6.07, 6.45) is 1.93. The summed E-state index contributed by atoms with van der Waals surface area (Å²) in [6.45, 7) is 2.77. The second kappa shape index (κ2) is 5.35. The molecule has 1 unspecified atom stereocenters. The number of hydrogen-bond acceptors (Lipinski definition) is 3. The van der Waals surface area contributed by atoms with Gasteiger partial charge in [0.2, 0.25) is 0 Å². The topological polar surface area (TPSA) is 72.9 Å². The molecule has 0 aromatic heterocycles. The van der Waals surface area contributed by atoms with Crippen molar-refractivity contribution in [3.8, 4) is 0 Å². The Labute approximate surface area is 102 Å². The molecule has 0 bridgehead atoms. The van der Waals surface area contributed by atoms with E-state index in [1.54, 1.807) is 24.0 Å². The van der Waals surface area contributed by atoms with Crippen LogP contribution in [0.15, 0.2) is 0 Å². The first kappa shape index (κ1) is 13.8. The van der Waals surface area contributed by atoms with Crippen LogP contribution in [0.3, 0.4) is 0 Å². The molecule has 2 amide bonds. The molecule has 1 heterocycles. The van der Waals surface area contributed by atoms with E-state index < -0.39 is 11.4 Å². The third kappa shape index (κ3) is 3.09. The first-order valence-corrected chi connectivity index (χ1v) is 5.87. The number of nitrogens with one attached hydrogen (secondary N) is 1. The van der Waals surface area contributed by atoms with Gasteiger partial charge in [-0.05, 0) is 19.3 Å². The van der Waals surface area contributed by atoms with E-state index in [-0.39, 0.29) is 6.03 Å². The van der Waals surface area contributed by atoms with Crippen molar-refractivity contribution < 1.29 is 14.7 Å². The van der Waals surface area contributed by atoms with E-state index in [0.717, 1.165) is 6.42 Å². The fraction of sp³-hybridized carbons (Fsp3) is 0.818. The normalized spacial score (nSPS) is 24.8. The van der Waals surface area contributed by atoms with Crippen LogP contribution in [0.5, 0.6) is 0 Å². The molecule has 1 aliphatic heterocycles. The number of hydrazine groups is 1. The monoisotopic (exact) mass is 243 g/mol. The van der Waals surface area contributed by atoms with Gasteiger partial charge in [-0.3, -0.25) is 10.2 Å². The Hall–Kier alpha value is -1.30. The smallest absolute Gasteiger partial charge is 0.331 e. The number of carboxylic acids is 1. The van der Waals surface area contributed by atoms with Gasteiger partial charge < -0.3 is 10.0 Å². The lowest BCUT2D eigenvalue weighted by Gasteiger charge is -2.39. The number of amides is 2. The summed E-state index contributed by atoms with van der Waals surface area (Å²) in [4.78, 5) is 24.7. The van der Waals surface area contributed by atoms with Crippen molar-refractivity contribution in [1.82, 2.24) is 15.3 Å². The Bertz CT molecular complexity index is 306. The van der Waals surface area contributed by atoms with Gasteiger partial charge in [-0.15, -0.1) is 0 Å². The molecule has 6 heteroatoms. The van der Waals surface area contributed by atoms with Gasteiger partial charge in [0.25, 0.3) is 0 Å². The van der Waals surface area contributed by atoms with Gasteiger partial charge >= 0.3 is 12.0 Å². The zero-order chi connectivity index (χ0) is 13.1. The minimum absolute atomic E-state index is 0.228. The van der Waals surface area contributed by atoms with Gasteiger partial charge in [0.1, 0.15) is 0 Å². The van der Waals surface area contributed by atoms with Crippen molar-refractivity contribution >= 4 is 12.0 Å². The standard InChI is InChI=1S/C11H21N3O3/c1-4-11(9(15)16)6-5-7-14(8-11)10(17)12-13(2)3/h4-8H2,1-3H3,(H,12,17)(H,15,16). The number of carbonyl (C=O) groups excluding carboxylic acids is 1. The van der Waals surface area contributed by atoms with E-state index in [0.29, 0.717) is 25.9 Å². The number of rotatable bonds is 3.